The minimum atomic E-state index is 0.691. The van der Waals surface area contributed by atoms with E-state index in [0.29, 0.717) is 5.92 Å². The standard InChI is InChI=1S/C15H21N3/c1-12-5-3-7-15(14(12)9-16)17-10-13-6-4-8-18(2)11-13/h3,5,7,13,17H,4,6,8,10-11H2,1-2H3. The Balaban J connectivity index is 1.98. The summed E-state index contributed by atoms with van der Waals surface area (Å²) in [7, 11) is 2.18. The Morgan fingerprint density at radius 2 is 2.33 bits per heavy atom. The molecular formula is C15H21N3. The summed E-state index contributed by atoms with van der Waals surface area (Å²) in [6.45, 7) is 5.31. The highest BCUT2D eigenvalue weighted by Gasteiger charge is 2.17. The van der Waals surface area contributed by atoms with E-state index >= 15 is 0 Å². The van der Waals surface area contributed by atoms with Gasteiger partial charge in [0.2, 0.25) is 0 Å². The first-order valence-corrected chi connectivity index (χ1v) is 6.63. The summed E-state index contributed by atoms with van der Waals surface area (Å²) in [5.74, 6) is 0.691. The number of benzene rings is 1. The molecule has 0 aromatic heterocycles. The van der Waals surface area contributed by atoms with Crippen LogP contribution in [-0.2, 0) is 0 Å². The Morgan fingerprint density at radius 3 is 3.06 bits per heavy atom. The molecule has 1 aromatic rings. The molecule has 1 heterocycles. The number of piperidine rings is 1. The van der Waals surface area contributed by atoms with Gasteiger partial charge in [-0.15, -0.1) is 0 Å². The van der Waals surface area contributed by atoms with Crippen molar-refractivity contribution >= 4 is 5.69 Å². The van der Waals surface area contributed by atoms with Gasteiger partial charge in [0.25, 0.3) is 0 Å². The van der Waals surface area contributed by atoms with Gasteiger partial charge in [0.1, 0.15) is 6.07 Å². The first-order chi connectivity index (χ1) is 8.70. The summed E-state index contributed by atoms with van der Waals surface area (Å²) in [6.07, 6.45) is 2.56. The quantitative estimate of drug-likeness (QED) is 0.887. The van der Waals surface area contributed by atoms with Gasteiger partial charge in [-0.05, 0) is 50.9 Å². The minimum absolute atomic E-state index is 0.691. The lowest BCUT2D eigenvalue weighted by Gasteiger charge is -2.30. The molecule has 1 aromatic carbocycles. The van der Waals surface area contributed by atoms with Crippen molar-refractivity contribution in [2.45, 2.75) is 19.8 Å². The second-order valence-electron chi connectivity index (χ2n) is 5.26. The molecule has 1 aliphatic heterocycles. The van der Waals surface area contributed by atoms with Crippen molar-refractivity contribution < 1.29 is 0 Å². The van der Waals surface area contributed by atoms with Crippen LogP contribution in [-0.4, -0.2) is 31.6 Å². The third kappa shape index (κ3) is 3.02. The van der Waals surface area contributed by atoms with Crippen LogP contribution in [0.5, 0.6) is 0 Å². The van der Waals surface area contributed by atoms with Crippen LogP contribution in [0.25, 0.3) is 0 Å². The predicted octanol–water partition coefficient (Wildman–Crippen LogP) is 2.62. The van der Waals surface area contributed by atoms with Gasteiger partial charge in [-0.3, -0.25) is 0 Å². The first kappa shape index (κ1) is 12.9. The number of nitrogens with one attached hydrogen (secondary N) is 1. The largest absolute Gasteiger partial charge is 0.384 e. The minimum Gasteiger partial charge on any atom is -0.384 e. The highest BCUT2D eigenvalue weighted by molar-refractivity contribution is 5.60. The van der Waals surface area contributed by atoms with Crippen LogP contribution in [0.2, 0.25) is 0 Å². The number of nitrogens with zero attached hydrogens (tertiary/aromatic N) is 2. The summed E-state index contributed by atoms with van der Waals surface area (Å²) in [5.41, 5.74) is 2.80. The summed E-state index contributed by atoms with van der Waals surface area (Å²) in [4.78, 5) is 2.39. The fraction of sp³-hybridized carbons (Fsp3) is 0.533. The number of hydrogen-bond donors (Lipinski definition) is 1. The second kappa shape index (κ2) is 5.88. The molecule has 1 saturated heterocycles. The normalized spacial score (nSPS) is 20.4. The number of rotatable bonds is 3. The monoisotopic (exact) mass is 243 g/mol. The van der Waals surface area contributed by atoms with Crippen LogP contribution in [0.3, 0.4) is 0 Å². The molecule has 1 aliphatic rings. The number of anilines is 1. The molecule has 0 amide bonds. The molecule has 0 radical (unpaired) electrons. The number of hydrogen-bond acceptors (Lipinski definition) is 3. The van der Waals surface area contributed by atoms with E-state index in [1.165, 1.54) is 19.4 Å². The van der Waals surface area contributed by atoms with Gasteiger partial charge in [-0.1, -0.05) is 12.1 Å². The molecule has 0 spiro atoms. The molecule has 96 valence electrons. The summed E-state index contributed by atoms with van der Waals surface area (Å²) >= 11 is 0. The van der Waals surface area contributed by atoms with Gasteiger partial charge in [0.15, 0.2) is 0 Å². The Kier molecular flexibility index (Phi) is 4.22. The molecule has 2 rings (SSSR count). The Morgan fingerprint density at radius 1 is 1.50 bits per heavy atom. The maximum atomic E-state index is 9.18. The maximum absolute atomic E-state index is 9.18. The predicted molar refractivity (Wildman–Crippen MR) is 74.6 cm³/mol. The van der Waals surface area contributed by atoms with E-state index in [1.54, 1.807) is 0 Å². The lowest BCUT2D eigenvalue weighted by atomic mass is 9.98. The SMILES string of the molecule is Cc1cccc(NCC2CCCN(C)C2)c1C#N. The lowest BCUT2D eigenvalue weighted by Crippen LogP contribution is -2.35. The Labute approximate surface area is 109 Å². The fourth-order valence-electron chi connectivity index (χ4n) is 2.66. The molecule has 0 bridgehead atoms. The summed E-state index contributed by atoms with van der Waals surface area (Å²) < 4.78 is 0. The van der Waals surface area contributed by atoms with E-state index in [2.05, 4.69) is 23.3 Å². The molecule has 1 fully saturated rings. The number of nitriles is 1. The average molecular weight is 243 g/mol. The third-order valence-electron chi connectivity index (χ3n) is 3.69. The van der Waals surface area contributed by atoms with Gasteiger partial charge in [-0.25, -0.2) is 0 Å². The molecular weight excluding hydrogens is 222 g/mol. The van der Waals surface area contributed by atoms with Gasteiger partial charge in [0, 0.05) is 13.1 Å². The molecule has 18 heavy (non-hydrogen) atoms. The van der Waals surface area contributed by atoms with Crippen molar-refractivity contribution in [3.63, 3.8) is 0 Å². The lowest BCUT2D eigenvalue weighted by molar-refractivity contribution is 0.217. The zero-order valence-corrected chi connectivity index (χ0v) is 11.2. The number of likely N-dealkylation sites (tertiary alicyclic amines) is 1. The highest BCUT2D eigenvalue weighted by Crippen LogP contribution is 2.20. The van der Waals surface area contributed by atoms with Gasteiger partial charge in [-0.2, -0.15) is 5.26 Å². The zero-order chi connectivity index (χ0) is 13.0. The van der Waals surface area contributed by atoms with E-state index in [4.69, 9.17) is 0 Å². The molecule has 3 heteroatoms. The van der Waals surface area contributed by atoms with Gasteiger partial charge in [0.05, 0.1) is 11.3 Å². The molecule has 0 saturated carbocycles. The van der Waals surface area contributed by atoms with Crippen LogP contribution in [0.15, 0.2) is 18.2 Å². The number of aryl methyl sites for hydroxylation is 1. The second-order valence-corrected chi connectivity index (χ2v) is 5.26. The first-order valence-electron chi connectivity index (χ1n) is 6.63. The maximum Gasteiger partial charge on any atom is 0.102 e. The van der Waals surface area contributed by atoms with Crippen LogP contribution in [0.4, 0.5) is 5.69 Å². The topological polar surface area (TPSA) is 39.1 Å². The fourth-order valence-corrected chi connectivity index (χ4v) is 2.66. The Bertz CT molecular complexity index is 448. The van der Waals surface area contributed by atoms with Crippen molar-refractivity contribution in [3.8, 4) is 6.07 Å². The van der Waals surface area contributed by atoms with Crippen LogP contribution < -0.4 is 5.32 Å². The molecule has 0 aliphatic carbocycles. The van der Waals surface area contributed by atoms with E-state index in [9.17, 15) is 5.26 Å². The van der Waals surface area contributed by atoms with Gasteiger partial charge < -0.3 is 10.2 Å². The molecule has 1 unspecified atom stereocenters. The summed E-state index contributed by atoms with van der Waals surface area (Å²) in [6, 6.07) is 8.28. The van der Waals surface area contributed by atoms with Crippen molar-refractivity contribution in [1.29, 1.82) is 5.26 Å². The molecule has 3 nitrogen and oxygen atoms in total. The van der Waals surface area contributed by atoms with E-state index < -0.39 is 0 Å². The van der Waals surface area contributed by atoms with Crippen molar-refractivity contribution in [3.05, 3.63) is 29.3 Å². The van der Waals surface area contributed by atoms with Crippen molar-refractivity contribution in [2.24, 2.45) is 5.92 Å². The molecule has 1 atom stereocenters. The van der Waals surface area contributed by atoms with Crippen LogP contribution in [0, 0.1) is 24.2 Å². The van der Waals surface area contributed by atoms with E-state index in [-0.39, 0.29) is 0 Å². The van der Waals surface area contributed by atoms with Crippen LogP contribution in [0.1, 0.15) is 24.0 Å². The third-order valence-corrected chi connectivity index (χ3v) is 3.69. The summed E-state index contributed by atoms with van der Waals surface area (Å²) in [5, 5.41) is 12.6. The van der Waals surface area contributed by atoms with Crippen molar-refractivity contribution in [1.82, 2.24) is 4.90 Å². The zero-order valence-electron chi connectivity index (χ0n) is 11.2. The molecule has 1 N–H and O–H groups in total. The van der Waals surface area contributed by atoms with E-state index in [1.807, 2.05) is 25.1 Å². The Hall–Kier alpha value is -1.53. The van der Waals surface area contributed by atoms with Crippen molar-refractivity contribution in [2.75, 3.05) is 32.0 Å². The average Bonchev–Trinajstić information content (AvgIpc) is 2.36. The van der Waals surface area contributed by atoms with Gasteiger partial charge >= 0.3 is 0 Å². The smallest absolute Gasteiger partial charge is 0.102 e. The highest BCUT2D eigenvalue weighted by atomic mass is 15.1. The van der Waals surface area contributed by atoms with E-state index in [0.717, 1.165) is 29.9 Å². The van der Waals surface area contributed by atoms with Crippen LogP contribution >= 0.6 is 0 Å².